The van der Waals surface area contributed by atoms with Gasteiger partial charge in [0, 0.05) is 13.1 Å². The fourth-order valence-electron chi connectivity index (χ4n) is 2.90. The monoisotopic (exact) mass is 220 g/mol. The van der Waals surface area contributed by atoms with Gasteiger partial charge in [0.25, 0.3) is 0 Å². The fourth-order valence-corrected chi connectivity index (χ4v) is 2.90. The van der Waals surface area contributed by atoms with E-state index in [1.54, 1.807) is 0 Å². The van der Waals surface area contributed by atoms with Crippen molar-refractivity contribution in [3.63, 3.8) is 0 Å². The maximum atomic E-state index is 14.8. The molecular weight excluding hydrogens is 203 g/mol. The van der Waals surface area contributed by atoms with Gasteiger partial charge in [-0.2, -0.15) is 0 Å². The molecular formula is C13H17FN2. The van der Waals surface area contributed by atoms with Crippen LogP contribution in [-0.4, -0.2) is 18.8 Å². The summed E-state index contributed by atoms with van der Waals surface area (Å²) < 4.78 is 14.8. The van der Waals surface area contributed by atoms with Crippen LogP contribution in [0, 0.1) is 0 Å². The molecule has 1 saturated heterocycles. The molecule has 1 fully saturated rings. The maximum absolute atomic E-state index is 14.8. The smallest absolute Gasteiger partial charge is 0.142 e. The van der Waals surface area contributed by atoms with E-state index in [1.807, 2.05) is 12.1 Å². The number of hydrogen-bond donors (Lipinski definition) is 2. The Morgan fingerprint density at radius 3 is 3.00 bits per heavy atom. The molecule has 2 aliphatic heterocycles. The van der Waals surface area contributed by atoms with E-state index >= 15 is 0 Å². The number of halogens is 1. The molecule has 2 nitrogen and oxygen atoms in total. The number of fused-ring (bicyclic) bond motifs is 1. The minimum absolute atomic E-state index is 0.128. The molecule has 86 valence electrons. The maximum Gasteiger partial charge on any atom is 0.142 e. The summed E-state index contributed by atoms with van der Waals surface area (Å²) in [6.07, 6.45) is 1.59. The van der Waals surface area contributed by atoms with Crippen LogP contribution >= 0.6 is 0 Å². The Balaban J connectivity index is 1.91. The first kappa shape index (κ1) is 10.2. The first-order valence-corrected chi connectivity index (χ1v) is 6.00. The first-order valence-electron chi connectivity index (χ1n) is 6.00. The first-order chi connectivity index (χ1) is 7.80. The molecule has 0 aromatic heterocycles. The van der Waals surface area contributed by atoms with E-state index < -0.39 is 5.67 Å². The SMILES string of the molecule is FC1(C2NCc3ccccc32)CCCNC1. The lowest BCUT2D eigenvalue weighted by molar-refractivity contribution is 0.0772. The minimum Gasteiger partial charge on any atom is -0.313 e. The van der Waals surface area contributed by atoms with Crippen LogP contribution in [0.4, 0.5) is 4.39 Å². The van der Waals surface area contributed by atoms with Crippen molar-refractivity contribution in [1.29, 1.82) is 0 Å². The van der Waals surface area contributed by atoms with Crippen molar-refractivity contribution in [1.82, 2.24) is 10.6 Å². The molecule has 2 atom stereocenters. The van der Waals surface area contributed by atoms with Crippen LogP contribution in [0.15, 0.2) is 24.3 Å². The second kappa shape index (κ2) is 3.82. The quantitative estimate of drug-likeness (QED) is 0.755. The third-order valence-corrected chi connectivity index (χ3v) is 3.74. The highest BCUT2D eigenvalue weighted by Gasteiger charge is 2.43. The van der Waals surface area contributed by atoms with Crippen molar-refractivity contribution in [3.05, 3.63) is 35.4 Å². The second-order valence-corrected chi connectivity index (χ2v) is 4.83. The molecule has 0 bridgehead atoms. The van der Waals surface area contributed by atoms with E-state index in [-0.39, 0.29) is 6.04 Å². The van der Waals surface area contributed by atoms with Gasteiger partial charge in [-0.3, -0.25) is 0 Å². The van der Waals surface area contributed by atoms with Gasteiger partial charge in [0.2, 0.25) is 0 Å². The summed E-state index contributed by atoms with van der Waals surface area (Å²) in [5, 5.41) is 6.49. The average molecular weight is 220 g/mol. The Morgan fingerprint density at radius 2 is 2.19 bits per heavy atom. The van der Waals surface area contributed by atoms with Gasteiger partial charge in [0.15, 0.2) is 0 Å². The molecule has 2 heterocycles. The topological polar surface area (TPSA) is 24.1 Å². The molecule has 3 heteroatoms. The van der Waals surface area contributed by atoms with Crippen molar-refractivity contribution in [2.45, 2.75) is 31.1 Å². The van der Waals surface area contributed by atoms with E-state index in [4.69, 9.17) is 0 Å². The van der Waals surface area contributed by atoms with Crippen molar-refractivity contribution in [3.8, 4) is 0 Å². The van der Waals surface area contributed by atoms with Gasteiger partial charge in [-0.15, -0.1) is 0 Å². The third-order valence-electron chi connectivity index (χ3n) is 3.74. The number of hydrogen-bond acceptors (Lipinski definition) is 2. The molecule has 2 unspecified atom stereocenters. The molecule has 16 heavy (non-hydrogen) atoms. The van der Waals surface area contributed by atoms with Gasteiger partial charge in [0.1, 0.15) is 5.67 Å². The van der Waals surface area contributed by atoms with Gasteiger partial charge >= 0.3 is 0 Å². The lowest BCUT2D eigenvalue weighted by Crippen LogP contribution is -2.49. The Labute approximate surface area is 95.2 Å². The van der Waals surface area contributed by atoms with Gasteiger partial charge in [-0.1, -0.05) is 24.3 Å². The summed E-state index contributed by atoms with van der Waals surface area (Å²) in [6.45, 7) is 2.21. The molecule has 0 saturated carbocycles. The number of alkyl halides is 1. The minimum atomic E-state index is -1.12. The largest absolute Gasteiger partial charge is 0.313 e. The summed E-state index contributed by atoms with van der Waals surface area (Å²) in [7, 11) is 0. The predicted molar refractivity (Wildman–Crippen MR) is 62.0 cm³/mol. The highest BCUT2D eigenvalue weighted by molar-refractivity contribution is 5.36. The van der Waals surface area contributed by atoms with Crippen LogP contribution < -0.4 is 10.6 Å². The van der Waals surface area contributed by atoms with Crippen LogP contribution in [0.25, 0.3) is 0 Å². The summed E-state index contributed by atoms with van der Waals surface area (Å²) in [4.78, 5) is 0. The zero-order chi connectivity index (χ0) is 11.0. The van der Waals surface area contributed by atoms with Gasteiger partial charge < -0.3 is 10.6 Å². The van der Waals surface area contributed by atoms with Crippen LogP contribution in [0.3, 0.4) is 0 Å². The molecule has 3 rings (SSSR count). The van der Waals surface area contributed by atoms with E-state index in [2.05, 4.69) is 22.8 Å². The Bertz CT molecular complexity index is 385. The van der Waals surface area contributed by atoms with Gasteiger partial charge in [-0.05, 0) is 30.5 Å². The summed E-state index contributed by atoms with van der Waals surface area (Å²) >= 11 is 0. The van der Waals surface area contributed by atoms with E-state index in [9.17, 15) is 4.39 Å². The van der Waals surface area contributed by atoms with Gasteiger partial charge in [-0.25, -0.2) is 4.39 Å². The van der Waals surface area contributed by atoms with E-state index in [1.165, 1.54) is 5.56 Å². The lowest BCUT2D eigenvalue weighted by atomic mass is 9.85. The normalized spacial score (nSPS) is 33.7. The second-order valence-electron chi connectivity index (χ2n) is 4.83. The van der Waals surface area contributed by atoms with Crippen molar-refractivity contribution in [2.75, 3.05) is 13.1 Å². The molecule has 0 amide bonds. The van der Waals surface area contributed by atoms with Crippen molar-refractivity contribution in [2.24, 2.45) is 0 Å². The van der Waals surface area contributed by atoms with Crippen LogP contribution in [0.2, 0.25) is 0 Å². The highest BCUT2D eigenvalue weighted by Crippen LogP contribution is 2.39. The molecule has 0 aliphatic carbocycles. The number of nitrogens with one attached hydrogen (secondary N) is 2. The molecule has 0 radical (unpaired) electrons. The van der Waals surface area contributed by atoms with Crippen LogP contribution in [0.1, 0.15) is 30.0 Å². The molecule has 2 N–H and O–H groups in total. The molecule has 1 aromatic carbocycles. The average Bonchev–Trinajstić information content (AvgIpc) is 2.74. The highest BCUT2D eigenvalue weighted by atomic mass is 19.1. The fraction of sp³-hybridized carbons (Fsp3) is 0.538. The van der Waals surface area contributed by atoms with E-state index in [0.717, 1.165) is 25.1 Å². The summed E-state index contributed by atoms with van der Waals surface area (Å²) in [5.41, 5.74) is 1.27. The number of rotatable bonds is 1. The third kappa shape index (κ3) is 1.55. The van der Waals surface area contributed by atoms with E-state index in [0.29, 0.717) is 13.0 Å². The Hall–Kier alpha value is -0.930. The van der Waals surface area contributed by atoms with Crippen LogP contribution in [-0.2, 0) is 6.54 Å². The van der Waals surface area contributed by atoms with Gasteiger partial charge in [0.05, 0.1) is 6.04 Å². The Morgan fingerprint density at radius 1 is 1.31 bits per heavy atom. The lowest BCUT2D eigenvalue weighted by Gasteiger charge is -2.35. The van der Waals surface area contributed by atoms with Crippen LogP contribution in [0.5, 0.6) is 0 Å². The molecule has 0 spiro atoms. The van der Waals surface area contributed by atoms with Crippen molar-refractivity contribution < 1.29 is 4.39 Å². The Kier molecular flexibility index (Phi) is 2.45. The standard InChI is InChI=1S/C13H17FN2/c14-13(6-3-7-15-9-13)12-11-5-2-1-4-10(11)8-16-12/h1-2,4-5,12,15-16H,3,6-9H2. The summed E-state index contributed by atoms with van der Waals surface area (Å²) in [6, 6.07) is 8.03. The number of benzene rings is 1. The van der Waals surface area contributed by atoms with Crippen molar-refractivity contribution >= 4 is 0 Å². The zero-order valence-electron chi connectivity index (χ0n) is 9.30. The zero-order valence-corrected chi connectivity index (χ0v) is 9.30. The predicted octanol–water partition coefficient (Wildman–Crippen LogP) is 1.92. The molecule has 1 aromatic rings. The summed E-state index contributed by atoms with van der Waals surface area (Å²) in [5.74, 6) is 0. The molecule has 2 aliphatic rings. The number of piperidine rings is 1.